The molecule has 0 aliphatic rings. The van der Waals surface area contributed by atoms with Crippen molar-refractivity contribution in [3.05, 3.63) is 53.2 Å². The SMILES string of the molecule is COc1ccc(C)cc1C(C)NC(=O)NCc1cccnc1OC. The van der Waals surface area contributed by atoms with Crippen LogP contribution in [0, 0.1) is 6.92 Å². The van der Waals surface area contributed by atoms with Crippen LogP contribution >= 0.6 is 0 Å². The predicted octanol–water partition coefficient (Wildman–Crippen LogP) is 2.97. The van der Waals surface area contributed by atoms with Crippen LogP contribution in [0.2, 0.25) is 0 Å². The zero-order valence-electron chi connectivity index (χ0n) is 14.4. The fourth-order valence-electron chi connectivity index (χ4n) is 2.44. The number of benzene rings is 1. The van der Waals surface area contributed by atoms with Crippen molar-refractivity contribution in [1.29, 1.82) is 0 Å². The summed E-state index contributed by atoms with van der Waals surface area (Å²) in [6, 6.07) is 9.10. The molecule has 1 atom stereocenters. The van der Waals surface area contributed by atoms with Gasteiger partial charge in [0.1, 0.15) is 5.75 Å². The van der Waals surface area contributed by atoms with E-state index in [0.717, 1.165) is 22.4 Å². The largest absolute Gasteiger partial charge is 0.496 e. The van der Waals surface area contributed by atoms with Gasteiger partial charge in [0.25, 0.3) is 0 Å². The smallest absolute Gasteiger partial charge is 0.315 e. The molecule has 24 heavy (non-hydrogen) atoms. The summed E-state index contributed by atoms with van der Waals surface area (Å²) in [5, 5.41) is 5.73. The highest BCUT2D eigenvalue weighted by Crippen LogP contribution is 2.26. The Balaban J connectivity index is 1.98. The standard InChI is InChI=1S/C18H23N3O3/c1-12-7-8-16(23-3)15(10-12)13(2)21-18(22)20-11-14-6-5-9-19-17(14)24-4/h5-10,13H,11H2,1-4H3,(H2,20,21,22). The van der Waals surface area contributed by atoms with Crippen LogP contribution < -0.4 is 20.1 Å². The number of urea groups is 1. The minimum atomic E-state index is -0.267. The van der Waals surface area contributed by atoms with Crippen LogP contribution in [-0.2, 0) is 6.54 Å². The molecule has 0 aliphatic carbocycles. The van der Waals surface area contributed by atoms with Crippen molar-refractivity contribution in [3.8, 4) is 11.6 Å². The number of carbonyl (C=O) groups is 1. The van der Waals surface area contributed by atoms with Gasteiger partial charge in [0.05, 0.1) is 20.3 Å². The summed E-state index contributed by atoms with van der Waals surface area (Å²) in [4.78, 5) is 16.3. The van der Waals surface area contributed by atoms with Gasteiger partial charge in [-0.15, -0.1) is 0 Å². The Morgan fingerprint density at radius 2 is 2.04 bits per heavy atom. The van der Waals surface area contributed by atoms with Gasteiger partial charge in [-0.3, -0.25) is 0 Å². The Labute approximate surface area is 142 Å². The first-order chi connectivity index (χ1) is 11.5. The zero-order chi connectivity index (χ0) is 17.5. The van der Waals surface area contributed by atoms with Crippen molar-refractivity contribution < 1.29 is 14.3 Å². The summed E-state index contributed by atoms with van der Waals surface area (Å²) in [5.74, 6) is 1.26. The number of amides is 2. The first-order valence-electron chi connectivity index (χ1n) is 7.72. The van der Waals surface area contributed by atoms with Gasteiger partial charge in [-0.25, -0.2) is 9.78 Å². The minimum absolute atomic E-state index is 0.185. The molecule has 0 bridgehead atoms. The lowest BCUT2D eigenvalue weighted by atomic mass is 10.0. The number of rotatable bonds is 6. The summed E-state index contributed by atoms with van der Waals surface area (Å²) in [6.07, 6.45) is 1.65. The number of hydrogen-bond donors (Lipinski definition) is 2. The minimum Gasteiger partial charge on any atom is -0.496 e. The maximum Gasteiger partial charge on any atom is 0.315 e. The number of nitrogens with zero attached hydrogens (tertiary/aromatic N) is 1. The van der Waals surface area contributed by atoms with Crippen LogP contribution in [0.4, 0.5) is 4.79 Å². The second kappa shape index (κ2) is 8.19. The van der Waals surface area contributed by atoms with E-state index in [9.17, 15) is 4.79 Å². The fraction of sp³-hybridized carbons (Fsp3) is 0.333. The van der Waals surface area contributed by atoms with Gasteiger partial charge in [-0.2, -0.15) is 0 Å². The van der Waals surface area contributed by atoms with Crippen molar-refractivity contribution in [2.24, 2.45) is 0 Å². The highest BCUT2D eigenvalue weighted by molar-refractivity contribution is 5.74. The number of aryl methyl sites for hydroxylation is 1. The number of carbonyl (C=O) groups excluding carboxylic acids is 1. The molecule has 1 unspecified atom stereocenters. The Morgan fingerprint density at radius 1 is 1.25 bits per heavy atom. The highest BCUT2D eigenvalue weighted by atomic mass is 16.5. The lowest BCUT2D eigenvalue weighted by molar-refractivity contribution is 0.237. The Hall–Kier alpha value is -2.76. The Morgan fingerprint density at radius 3 is 2.75 bits per heavy atom. The topological polar surface area (TPSA) is 72.5 Å². The van der Waals surface area contributed by atoms with Crippen LogP contribution in [0.25, 0.3) is 0 Å². The number of nitrogens with one attached hydrogen (secondary N) is 2. The normalized spacial score (nSPS) is 11.5. The molecule has 6 nitrogen and oxygen atoms in total. The van der Waals surface area contributed by atoms with E-state index in [4.69, 9.17) is 9.47 Å². The third-order valence-corrected chi connectivity index (χ3v) is 3.68. The molecule has 0 saturated heterocycles. The number of ether oxygens (including phenoxy) is 2. The van der Waals surface area contributed by atoms with Crippen molar-refractivity contribution in [2.45, 2.75) is 26.4 Å². The molecule has 0 spiro atoms. The second-order valence-electron chi connectivity index (χ2n) is 5.47. The molecule has 6 heteroatoms. The maximum absolute atomic E-state index is 12.2. The van der Waals surface area contributed by atoms with E-state index in [1.165, 1.54) is 0 Å². The number of methoxy groups -OCH3 is 2. The van der Waals surface area contributed by atoms with Crippen LogP contribution in [0.15, 0.2) is 36.5 Å². The third kappa shape index (κ3) is 4.38. The molecular weight excluding hydrogens is 306 g/mol. The maximum atomic E-state index is 12.2. The first kappa shape index (κ1) is 17.6. The fourth-order valence-corrected chi connectivity index (χ4v) is 2.44. The molecule has 1 aromatic carbocycles. The van der Waals surface area contributed by atoms with Crippen molar-refractivity contribution >= 4 is 6.03 Å². The van der Waals surface area contributed by atoms with E-state index in [1.54, 1.807) is 26.5 Å². The summed E-state index contributed by atoms with van der Waals surface area (Å²) in [7, 11) is 3.17. The van der Waals surface area contributed by atoms with Crippen molar-refractivity contribution in [3.63, 3.8) is 0 Å². The molecule has 2 amide bonds. The summed E-state index contributed by atoms with van der Waals surface area (Å²) >= 11 is 0. The average molecular weight is 329 g/mol. The van der Waals surface area contributed by atoms with E-state index >= 15 is 0 Å². The van der Waals surface area contributed by atoms with E-state index < -0.39 is 0 Å². The van der Waals surface area contributed by atoms with Gasteiger partial charge in [0.2, 0.25) is 5.88 Å². The third-order valence-electron chi connectivity index (χ3n) is 3.68. The molecule has 2 N–H and O–H groups in total. The molecule has 2 rings (SSSR count). The molecule has 0 radical (unpaired) electrons. The molecule has 1 aromatic heterocycles. The van der Waals surface area contributed by atoms with Gasteiger partial charge < -0.3 is 20.1 Å². The van der Waals surface area contributed by atoms with E-state index in [2.05, 4.69) is 15.6 Å². The first-order valence-corrected chi connectivity index (χ1v) is 7.72. The van der Waals surface area contributed by atoms with Crippen LogP contribution in [0.5, 0.6) is 11.6 Å². The Bertz CT molecular complexity index is 704. The Kier molecular flexibility index (Phi) is 6.01. The number of pyridine rings is 1. The van der Waals surface area contributed by atoms with Gasteiger partial charge >= 0.3 is 6.03 Å². The van der Waals surface area contributed by atoms with Crippen LogP contribution in [-0.4, -0.2) is 25.2 Å². The summed E-state index contributed by atoms with van der Waals surface area (Å²) in [5.41, 5.74) is 2.86. The van der Waals surface area contributed by atoms with E-state index in [1.807, 2.05) is 38.1 Å². The highest BCUT2D eigenvalue weighted by Gasteiger charge is 2.14. The number of hydrogen-bond acceptors (Lipinski definition) is 4. The zero-order valence-corrected chi connectivity index (χ0v) is 14.4. The summed E-state index contributed by atoms with van der Waals surface area (Å²) in [6.45, 7) is 4.26. The van der Waals surface area contributed by atoms with Crippen LogP contribution in [0.1, 0.15) is 29.7 Å². The van der Waals surface area contributed by atoms with Gasteiger partial charge in [-0.1, -0.05) is 23.8 Å². The van der Waals surface area contributed by atoms with Gasteiger partial charge in [-0.05, 0) is 26.0 Å². The molecular formula is C18H23N3O3. The lowest BCUT2D eigenvalue weighted by Gasteiger charge is -2.18. The quantitative estimate of drug-likeness (QED) is 0.854. The monoisotopic (exact) mass is 329 g/mol. The molecule has 2 aromatic rings. The van der Waals surface area contributed by atoms with Crippen LogP contribution in [0.3, 0.4) is 0 Å². The van der Waals surface area contributed by atoms with Gasteiger partial charge in [0.15, 0.2) is 0 Å². The average Bonchev–Trinajstić information content (AvgIpc) is 2.60. The number of aromatic nitrogens is 1. The molecule has 128 valence electrons. The second-order valence-corrected chi connectivity index (χ2v) is 5.47. The predicted molar refractivity (Wildman–Crippen MR) is 92.3 cm³/mol. The van der Waals surface area contributed by atoms with Gasteiger partial charge in [0, 0.05) is 23.9 Å². The lowest BCUT2D eigenvalue weighted by Crippen LogP contribution is -2.36. The van der Waals surface area contributed by atoms with Crippen molar-refractivity contribution in [2.75, 3.05) is 14.2 Å². The molecule has 1 heterocycles. The molecule has 0 fully saturated rings. The molecule has 0 aliphatic heterocycles. The van der Waals surface area contributed by atoms with Crippen molar-refractivity contribution in [1.82, 2.24) is 15.6 Å². The van der Waals surface area contributed by atoms with E-state index in [-0.39, 0.29) is 12.1 Å². The molecule has 0 saturated carbocycles. The summed E-state index contributed by atoms with van der Waals surface area (Å²) < 4.78 is 10.5. The van der Waals surface area contributed by atoms with E-state index in [0.29, 0.717) is 12.4 Å².